The molecule has 0 saturated heterocycles. The zero-order valence-electron chi connectivity index (χ0n) is 9.00. The number of nitrogen functional groups attached to an aromatic ring is 1. The Hall–Kier alpha value is -2.50. The highest BCUT2D eigenvalue weighted by atomic mass is 16.1. The van der Waals surface area contributed by atoms with E-state index < -0.39 is 5.91 Å². The minimum absolute atomic E-state index is 0.103. The lowest BCUT2D eigenvalue weighted by Gasteiger charge is -2.03. The summed E-state index contributed by atoms with van der Waals surface area (Å²) in [5.41, 5.74) is 11.8. The van der Waals surface area contributed by atoms with E-state index in [9.17, 15) is 4.79 Å². The number of hydrogen-bond acceptors (Lipinski definition) is 5. The Morgan fingerprint density at radius 1 is 1.35 bits per heavy atom. The summed E-state index contributed by atoms with van der Waals surface area (Å²) in [4.78, 5) is 23.0. The molecular weight excluding hydrogens is 218 g/mol. The number of aromatic nitrogens is 3. The molecule has 0 saturated carbocycles. The van der Waals surface area contributed by atoms with Gasteiger partial charge in [0.15, 0.2) is 0 Å². The lowest BCUT2D eigenvalue weighted by atomic mass is 10.2. The Kier molecular flexibility index (Phi) is 2.95. The second-order valence-electron chi connectivity index (χ2n) is 3.49. The van der Waals surface area contributed by atoms with Gasteiger partial charge in [-0.15, -0.1) is 0 Å². The molecule has 0 radical (unpaired) electrons. The van der Waals surface area contributed by atoms with Crippen LogP contribution in [0.15, 0.2) is 30.7 Å². The molecular formula is C11H11N5O. The summed E-state index contributed by atoms with van der Waals surface area (Å²) in [5.74, 6) is 0.00215. The molecule has 0 aromatic carbocycles. The average molecular weight is 229 g/mol. The fraction of sp³-hybridized carbons (Fsp3) is 0.0909. The van der Waals surface area contributed by atoms with E-state index in [2.05, 4.69) is 15.0 Å². The Morgan fingerprint density at radius 2 is 2.18 bits per heavy atom. The van der Waals surface area contributed by atoms with E-state index in [0.717, 1.165) is 5.56 Å². The third-order valence-electron chi connectivity index (χ3n) is 2.22. The molecule has 0 atom stereocenters. The quantitative estimate of drug-likeness (QED) is 0.778. The number of nitrogens with zero attached hydrogens (tertiary/aromatic N) is 3. The minimum Gasteiger partial charge on any atom is -0.383 e. The number of primary amides is 1. The lowest BCUT2D eigenvalue weighted by Crippen LogP contribution is -2.16. The smallest absolute Gasteiger partial charge is 0.254 e. The van der Waals surface area contributed by atoms with Crippen LogP contribution in [0.5, 0.6) is 0 Å². The molecule has 2 heterocycles. The van der Waals surface area contributed by atoms with E-state index in [4.69, 9.17) is 11.5 Å². The van der Waals surface area contributed by atoms with Gasteiger partial charge in [-0.2, -0.15) is 0 Å². The lowest BCUT2D eigenvalue weighted by molar-refractivity contribution is 0.100. The number of hydrogen-bond donors (Lipinski definition) is 2. The van der Waals surface area contributed by atoms with Gasteiger partial charge in [-0.1, -0.05) is 6.07 Å². The van der Waals surface area contributed by atoms with Crippen molar-refractivity contribution in [1.29, 1.82) is 0 Å². The van der Waals surface area contributed by atoms with Gasteiger partial charge in [0, 0.05) is 25.0 Å². The van der Waals surface area contributed by atoms with Crippen molar-refractivity contribution in [1.82, 2.24) is 15.0 Å². The van der Waals surface area contributed by atoms with Crippen LogP contribution in [-0.4, -0.2) is 20.9 Å². The van der Waals surface area contributed by atoms with Gasteiger partial charge in [0.25, 0.3) is 5.91 Å². The number of rotatable bonds is 3. The fourth-order valence-electron chi connectivity index (χ4n) is 1.39. The Morgan fingerprint density at radius 3 is 2.76 bits per heavy atom. The number of amides is 1. The Balaban J connectivity index is 2.24. The summed E-state index contributed by atoms with van der Waals surface area (Å²) in [6.45, 7) is 0. The number of nitrogens with two attached hydrogens (primary N) is 2. The molecule has 2 rings (SSSR count). The molecule has 2 aromatic rings. The number of carbonyl (C=O) groups is 1. The van der Waals surface area contributed by atoms with Crippen molar-refractivity contribution in [2.45, 2.75) is 6.42 Å². The molecule has 0 aliphatic rings. The van der Waals surface area contributed by atoms with Crippen LogP contribution < -0.4 is 11.5 Å². The Bertz CT molecular complexity index is 541. The molecule has 6 heteroatoms. The van der Waals surface area contributed by atoms with Gasteiger partial charge in [-0.25, -0.2) is 9.97 Å². The van der Waals surface area contributed by atoms with Crippen molar-refractivity contribution >= 4 is 11.7 Å². The molecule has 0 aliphatic carbocycles. The van der Waals surface area contributed by atoms with Gasteiger partial charge in [0.05, 0.1) is 5.56 Å². The SMILES string of the molecule is NC(=O)c1cnc(Cc2cccnc2)nc1N. The maximum atomic E-state index is 10.9. The van der Waals surface area contributed by atoms with Gasteiger partial charge in [0.2, 0.25) is 0 Å². The maximum Gasteiger partial charge on any atom is 0.254 e. The highest BCUT2D eigenvalue weighted by Crippen LogP contribution is 2.09. The largest absolute Gasteiger partial charge is 0.383 e. The highest BCUT2D eigenvalue weighted by molar-refractivity contribution is 5.96. The van der Waals surface area contributed by atoms with E-state index in [1.807, 2.05) is 12.1 Å². The molecule has 0 spiro atoms. The van der Waals surface area contributed by atoms with Crippen molar-refractivity contribution in [3.05, 3.63) is 47.7 Å². The predicted molar refractivity (Wildman–Crippen MR) is 62.0 cm³/mol. The zero-order chi connectivity index (χ0) is 12.3. The van der Waals surface area contributed by atoms with Crippen molar-refractivity contribution < 1.29 is 4.79 Å². The average Bonchev–Trinajstić information content (AvgIpc) is 2.30. The van der Waals surface area contributed by atoms with Crippen LogP contribution in [-0.2, 0) is 6.42 Å². The molecule has 17 heavy (non-hydrogen) atoms. The summed E-state index contributed by atoms with van der Waals surface area (Å²) < 4.78 is 0. The summed E-state index contributed by atoms with van der Waals surface area (Å²) in [6, 6.07) is 3.74. The first kappa shape index (κ1) is 11.0. The summed E-state index contributed by atoms with van der Waals surface area (Å²) >= 11 is 0. The molecule has 0 aliphatic heterocycles. The summed E-state index contributed by atoms with van der Waals surface area (Å²) in [7, 11) is 0. The zero-order valence-corrected chi connectivity index (χ0v) is 9.00. The topological polar surface area (TPSA) is 108 Å². The minimum atomic E-state index is -0.629. The normalized spacial score (nSPS) is 10.1. The predicted octanol–water partition coefficient (Wildman–Crippen LogP) is 0.144. The Labute approximate surface area is 97.7 Å². The summed E-state index contributed by atoms with van der Waals surface area (Å²) in [5, 5.41) is 0. The van der Waals surface area contributed by atoms with Crippen molar-refractivity contribution in [3.63, 3.8) is 0 Å². The molecule has 86 valence electrons. The van der Waals surface area contributed by atoms with Crippen LogP contribution in [0.4, 0.5) is 5.82 Å². The van der Waals surface area contributed by atoms with E-state index in [-0.39, 0.29) is 11.4 Å². The fourth-order valence-corrected chi connectivity index (χ4v) is 1.39. The van der Waals surface area contributed by atoms with E-state index in [0.29, 0.717) is 12.2 Å². The molecule has 0 bridgehead atoms. The second-order valence-corrected chi connectivity index (χ2v) is 3.49. The van der Waals surface area contributed by atoms with Crippen molar-refractivity contribution in [2.24, 2.45) is 5.73 Å². The maximum absolute atomic E-state index is 10.9. The first-order valence-corrected chi connectivity index (χ1v) is 4.97. The molecule has 2 aromatic heterocycles. The van der Waals surface area contributed by atoms with Crippen LogP contribution in [0.1, 0.15) is 21.7 Å². The van der Waals surface area contributed by atoms with Crippen LogP contribution in [0.2, 0.25) is 0 Å². The summed E-state index contributed by atoms with van der Waals surface area (Å²) in [6.07, 6.45) is 5.27. The number of carbonyl (C=O) groups excluding carboxylic acids is 1. The van der Waals surface area contributed by atoms with E-state index in [1.54, 1.807) is 12.4 Å². The van der Waals surface area contributed by atoms with Gasteiger partial charge < -0.3 is 11.5 Å². The first-order valence-electron chi connectivity index (χ1n) is 4.97. The number of anilines is 1. The highest BCUT2D eigenvalue weighted by Gasteiger charge is 2.09. The van der Waals surface area contributed by atoms with Crippen LogP contribution in [0.3, 0.4) is 0 Å². The third kappa shape index (κ3) is 2.54. The monoisotopic (exact) mass is 229 g/mol. The van der Waals surface area contributed by atoms with Crippen LogP contribution in [0.25, 0.3) is 0 Å². The van der Waals surface area contributed by atoms with Gasteiger partial charge in [0.1, 0.15) is 11.6 Å². The second kappa shape index (κ2) is 4.56. The van der Waals surface area contributed by atoms with E-state index >= 15 is 0 Å². The molecule has 4 N–H and O–H groups in total. The number of pyridine rings is 1. The van der Waals surface area contributed by atoms with Gasteiger partial charge in [-0.3, -0.25) is 9.78 Å². The van der Waals surface area contributed by atoms with Gasteiger partial charge in [-0.05, 0) is 11.6 Å². The third-order valence-corrected chi connectivity index (χ3v) is 2.22. The molecule has 0 unspecified atom stereocenters. The first-order chi connectivity index (χ1) is 8.16. The molecule has 0 fully saturated rings. The van der Waals surface area contributed by atoms with Crippen molar-refractivity contribution in [3.8, 4) is 0 Å². The van der Waals surface area contributed by atoms with Crippen molar-refractivity contribution in [2.75, 3.05) is 5.73 Å². The van der Waals surface area contributed by atoms with Crippen LogP contribution in [0, 0.1) is 0 Å². The van der Waals surface area contributed by atoms with Gasteiger partial charge >= 0.3 is 0 Å². The van der Waals surface area contributed by atoms with Crippen LogP contribution >= 0.6 is 0 Å². The molecule has 1 amide bonds. The van der Waals surface area contributed by atoms with E-state index in [1.165, 1.54) is 6.20 Å². The standard InChI is InChI=1S/C11H11N5O/c12-10-8(11(13)17)6-15-9(16-10)4-7-2-1-3-14-5-7/h1-3,5-6H,4H2,(H2,13,17)(H2,12,15,16). The molecule has 6 nitrogen and oxygen atoms in total.